The fourth-order valence-corrected chi connectivity index (χ4v) is 0.775. The molecule has 4 N–H and O–H groups in total. The van der Waals surface area contributed by atoms with Crippen LogP contribution in [0.2, 0.25) is 0 Å². The number of nitrogens with two attached hydrogens (primary N) is 2. The fourth-order valence-electron chi connectivity index (χ4n) is 0.775. The minimum atomic E-state index is -1.10. The first-order valence-corrected chi connectivity index (χ1v) is 4.93. The van der Waals surface area contributed by atoms with E-state index in [9.17, 15) is 4.79 Å². The molecule has 1 atom stereocenters. The Bertz CT molecular complexity index is 215. The summed E-state index contributed by atoms with van der Waals surface area (Å²) in [5.41, 5.74) is 9.38. The van der Waals surface area contributed by atoms with Gasteiger partial charge in [0.25, 0.3) is 0 Å². The Balaban J connectivity index is 3.77. The first-order valence-electron chi connectivity index (χ1n) is 4.93. The highest BCUT2D eigenvalue weighted by Gasteiger charge is 2.26. The number of ether oxygens (including phenoxy) is 2. The highest BCUT2D eigenvalue weighted by atomic mass is 16.5. The Morgan fingerprint density at radius 1 is 1.33 bits per heavy atom. The van der Waals surface area contributed by atoms with E-state index in [0.717, 1.165) is 6.42 Å². The number of hydrogen-bond donors (Lipinski definition) is 2. The first kappa shape index (κ1) is 14.3. The maximum atomic E-state index is 10.9. The van der Waals surface area contributed by atoms with Gasteiger partial charge in [0.1, 0.15) is 5.54 Å². The van der Waals surface area contributed by atoms with Crippen molar-refractivity contribution in [3.8, 4) is 0 Å². The van der Waals surface area contributed by atoms with Crippen LogP contribution in [-0.2, 0) is 14.3 Å². The molecule has 5 heteroatoms. The van der Waals surface area contributed by atoms with Crippen LogP contribution in [0.1, 0.15) is 27.2 Å². The molecule has 0 saturated heterocycles. The van der Waals surface area contributed by atoms with Gasteiger partial charge < -0.3 is 20.9 Å². The molecule has 90 valence electrons. The average Bonchev–Trinajstić information content (AvgIpc) is 2.12. The molecule has 1 unspecified atom stereocenters. The third kappa shape index (κ3) is 5.71. The normalized spacial score (nSPS) is 16.1. The van der Waals surface area contributed by atoms with E-state index in [2.05, 4.69) is 0 Å². The second kappa shape index (κ2) is 5.44. The van der Waals surface area contributed by atoms with Crippen molar-refractivity contribution in [1.82, 2.24) is 0 Å². The van der Waals surface area contributed by atoms with Crippen LogP contribution in [0.3, 0.4) is 0 Å². The third-order valence-electron chi connectivity index (χ3n) is 2.37. The topological polar surface area (TPSA) is 87.6 Å². The van der Waals surface area contributed by atoms with Crippen molar-refractivity contribution in [2.45, 2.75) is 38.3 Å². The molecule has 5 nitrogen and oxygen atoms in total. The molecule has 0 rings (SSSR count). The predicted molar refractivity (Wildman–Crippen MR) is 58.3 cm³/mol. The molecule has 0 aromatic carbocycles. The summed E-state index contributed by atoms with van der Waals surface area (Å²) in [4.78, 5) is 10.9. The summed E-state index contributed by atoms with van der Waals surface area (Å²) >= 11 is 0. The number of carbonyl (C=O) groups excluding carboxylic acids is 1. The minimum Gasteiger partial charge on any atom is -0.379 e. The SMILES string of the molecule is COC(C)(C)CCOCC(C)(N)C(N)=O. The van der Waals surface area contributed by atoms with Crippen molar-refractivity contribution in [2.24, 2.45) is 11.5 Å². The van der Waals surface area contributed by atoms with Crippen molar-refractivity contribution in [3.63, 3.8) is 0 Å². The van der Waals surface area contributed by atoms with Crippen LogP contribution in [0.25, 0.3) is 0 Å². The number of amides is 1. The van der Waals surface area contributed by atoms with Crippen LogP contribution >= 0.6 is 0 Å². The van der Waals surface area contributed by atoms with E-state index in [4.69, 9.17) is 20.9 Å². The molecule has 0 aliphatic heterocycles. The van der Waals surface area contributed by atoms with E-state index in [1.807, 2.05) is 13.8 Å². The Morgan fingerprint density at radius 3 is 2.27 bits per heavy atom. The van der Waals surface area contributed by atoms with Gasteiger partial charge in [0, 0.05) is 13.7 Å². The van der Waals surface area contributed by atoms with Crippen molar-refractivity contribution in [2.75, 3.05) is 20.3 Å². The number of rotatable bonds is 7. The van der Waals surface area contributed by atoms with Crippen LogP contribution < -0.4 is 11.5 Å². The predicted octanol–water partition coefficient (Wildman–Crippen LogP) is 0.0208. The van der Waals surface area contributed by atoms with Gasteiger partial charge in [-0.05, 0) is 27.2 Å². The van der Waals surface area contributed by atoms with E-state index in [0.29, 0.717) is 6.61 Å². The Kier molecular flexibility index (Phi) is 5.20. The van der Waals surface area contributed by atoms with Crippen molar-refractivity contribution < 1.29 is 14.3 Å². The van der Waals surface area contributed by atoms with Crippen LogP contribution in [0.4, 0.5) is 0 Å². The van der Waals surface area contributed by atoms with Crippen LogP contribution in [0, 0.1) is 0 Å². The molecule has 15 heavy (non-hydrogen) atoms. The molecule has 1 amide bonds. The van der Waals surface area contributed by atoms with E-state index in [-0.39, 0.29) is 12.2 Å². The highest BCUT2D eigenvalue weighted by molar-refractivity contribution is 5.83. The van der Waals surface area contributed by atoms with Crippen molar-refractivity contribution in [1.29, 1.82) is 0 Å². The quantitative estimate of drug-likeness (QED) is 0.590. The smallest absolute Gasteiger partial charge is 0.239 e. The van der Waals surface area contributed by atoms with Gasteiger partial charge in [-0.1, -0.05) is 0 Å². The van der Waals surface area contributed by atoms with Gasteiger partial charge in [0.05, 0.1) is 12.2 Å². The number of primary amides is 1. The van der Waals surface area contributed by atoms with E-state index >= 15 is 0 Å². The van der Waals surface area contributed by atoms with Crippen molar-refractivity contribution in [3.05, 3.63) is 0 Å². The van der Waals surface area contributed by atoms with Crippen molar-refractivity contribution >= 4 is 5.91 Å². The lowest BCUT2D eigenvalue weighted by Crippen LogP contribution is -2.53. The average molecular weight is 218 g/mol. The van der Waals surface area contributed by atoms with Crippen LogP contribution in [0.15, 0.2) is 0 Å². The van der Waals surface area contributed by atoms with E-state index in [1.54, 1.807) is 14.0 Å². The third-order valence-corrected chi connectivity index (χ3v) is 2.37. The zero-order valence-electron chi connectivity index (χ0n) is 10.0. The summed E-state index contributed by atoms with van der Waals surface area (Å²) in [6.07, 6.45) is 0.734. The van der Waals surface area contributed by atoms with Gasteiger partial charge in [0.2, 0.25) is 5.91 Å². The van der Waals surface area contributed by atoms with Gasteiger partial charge >= 0.3 is 0 Å². The lowest BCUT2D eigenvalue weighted by molar-refractivity contribution is -0.124. The summed E-state index contributed by atoms with van der Waals surface area (Å²) in [7, 11) is 1.65. The molecule has 0 aromatic rings. The van der Waals surface area contributed by atoms with Gasteiger partial charge in [-0.2, -0.15) is 0 Å². The number of hydrogen-bond acceptors (Lipinski definition) is 4. The molecule has 0 aliphatic rings. The lowest BCUT2D eigenvalue weighted by Gasteiger charge is -2.24. The number of carbonyl (C=O) groups is 1. The molecule has 0 saturated carbocycles. The monoisotopic (exact) mass is 218 g/mol. The minimum absolute atomic E-state index is 0.127. The van der Waals surface area contributed by atoms with Crippen LogP contribution in [0.5, 0.6) is 0 Å². The summed E-state index contributed by atoms with van der Waals surface area (Å²) in [6, 6.07) is 0. The van der Waals surface area contributed by atoms with Gasteiger partial charge in [-0.3, -0.25) is 4.79 Å². The number of methoxy groups -OCH3 is 1. The summed E-state index contributed by atoms with van der Waals surface area (Å²) in [5.74, 6) is -0.562. The second-order valence-corrected chi connectivity index (χ2v) is 4.55. The fraction of sp³-hybridized carbons (Fsp3) is 0.900. The molecule has 0 aromatic heterocycles. The molecule has 0 bridgehead atoms. The first-order chi connectivity index (χ1) is 6.71. The van der Waals surface area contributed by atoms with E-state index < -0.39 is 11.4 Å². The summed E-state index contributed by atoms with van der Waals surface area (Å²) in [6.45, 7) is 6.10. The standard InChI is InChI=1S/C10H22N2O3/c1-9(2,14-4)5-6-15-7-10(3,12)8(11)13/h5-7,12H2,1-4H3,(H2,11,13). The molecular formula is C10H22N2O3. The molecule has 0 aliphatic carbocycles. The maximum absolute atomic E-state index is 10.9. The zero-order chi connectivity index (χ0) is 12.1. The second-order valence-electron chi connectivity index (χ2n) is 4.55. The van der Waals surface area contributed by atoms with Gasteiger partial charge in [-0.25, -0.2) is 0 Å². The maximum Gasteiger partial charge on any atom is 0.239 e. The molecule has 0 radical (unpaired) electrons. The molecular weight excluding hydrogens is 196 g/mol. The lowest BCUT2D eigenvalue weighted by atomic mass is 10.0. The largest absolute Gasteiger partial charge is 0.379 e. The summed E-state index contributed by atoms with van der Waals surface area (Å²) in [5, 5.41) is 0. The van der Waals surface area contributed by atoms with E-state index in [1.165, 1.54) is 0 Å². The summed E-state index contributed by atoms with van der Waals surface area (Å²) < 4.78 is 10.5. The Labute approximate surface area is 91.1 Å². The van der Waals surface area contributed by atoms with Gasteiger partial charge in [-0.15, -0.1) is 0 Å². The van der Waals surface area contributed by atoms with Gasteiger partial charge in [0.15, 0.2) is 0 Å². The van der Waals surface area contributed by atoms with Crippen LogP contribution in [-0.4, -0.2) is 37.4 Å². The Morgan fingerprint density at radius 2 is 1.87 bits per heavy atom. The molecule has 0 heterocycles. The molecule has 0 spiro atoms. The zero-order valence-corrected chi connectivity index (χ0v) is 10.0. The molecule has 0 fully saturated rings. The Hall–Kier alpha value is -0.650. The highest BCUT2D eigenvalue weighted by Crippen LogP contribution is 2.12.